The van der Waals surface area contributed by atoms with Crippen LogP contribution >= 0.6 is 0 Å². The van der Waals surface area contributed by atoms with Crippen LogP contribution in [0, 0.1) is 0 Å². The molecule has 0 radical (unpaired) electrons. The van der Waals surface area contributed by atoms with Crippen molar-refractivity contribution < 1.29 is 9.53 Å². The number of rotatable bonds is 5. The smallest absolute Gasteiger partial charge is 0.230 e. The van der Waals surface area contributed by atoms with Gasteiger partial charge in [0.15, 0.2) is 5.82 Å². The van der Waals surface area contributed by atoms with Gasteiger partial charge in [-0.25, -0.2) is 4.98 Å². The lowest BCUT2D eigenvalue weighted by Crippen LogP contribution is -2.13. The molecule has 0 saturated heterocycles. The molecular weight excluding hydrogens is 242 g/mol. The fraction of sp³-hybridized carbons (Fsp3) is 0.286. The van der Waals surface area contributed by atoms with Gasteiger partial charge in [0.05, 0.1) is 7.11 Å². The van der Waals surface area contributed by atoms with Crippen molar-refractivity contribution in [1.82, 2.24) is 9.55 Å². The zero-order chi connectivity index (χ0) is 13.8. The topological polar surface area (TPSA) is 70.1 Å². The highest BCUT2D eigenvalue weighted by atomic mass is 16.5. The van der Waals surface area contributed by atoms with Crippen molar-refractivity contribution in [2.75, 3.05) is 12.8 Å². The van der Waals surface area contributed by atoms with Gasteiger partial charge in [-0.05, 0) is 18.6 Å². The molecule has 0 aliphatic heterocycles. The fourth-order valence-electron chi connectivity index (χ4n) is 1.93. The first-order valence-electron chi connectivity index (χ1n) is 6.16. The van der Waals surface area contributed by atoms with Crippen LogP contribution in [0.4, 0.5) is 5.69 Å². The van der Waals surface area contributed by atoms with Gasteiger partial charge in [-0.1, -0.05) is 6.92 Å². The number of anilines is 1. The number of ketones is 1. The number of nitrogen functional groups attached to an aromatic ring is 1. The normalized spacial score (nSPS) is 10.4. The summed E-state index contributed by atoms with van der Waals surface area (Å²) in [7, 11) is 1.56. The minimum Gasteiger partial charge on any atom is -0.497 e. The third kappa shape index (κ3) is 2.59. The monoisotopic (exact) mass is 259 g/mol. The Hall–Kier alpha value is -2.30. The second kappa shape index (κ2) is 5.56. The molecule has 0 aliphatic carbocycles. The van der Waals surface area contributed by atoms with Crippen LogP contribution in [-0.2, 0) is 6.54 Å². The van der Waals surface area contributed by atoms with Gasteiger partial charge in [0.2, 0.25) is 5.78 Å². The number of aryl methyl sites for hydroxylation is 1. The maximum absolute atomic E-state index is 12.4. The minimum atomic E-state index is -0.168. The number of hydrogen-bond donors (Lipinski definition) is 1. The summed E-state index contributed by atoms with van der Waals surface area (Å²) in [4.78, 5) is 16.5. The van der Waals surface area contributed by atoms with Crippen molar-refractivity contribution >= 4 is 11.5 Å². The minimum absolute atomic E-state index is 0.168. The molecule has 0 amide bonds. The van der Waals surface area contributed by atoms with Gasteiger partial charge in [-0.15, -0.1) is 0 Å². The van der Waals surface area contributed by atoms with Crippen LogP contribution in [-0.4, -0.2) is 22.4 Å². The number of aromatic nitrogens is 2. The highest BCUT2D eigenvalue weighted by Gasteiger charge is 2.17. The van der Waals surface area contributed by atoms with E-state index < -0.39 is 0 Å². The van der Waals surface area contributed by atoms with Crippen LogP contribution in [0.25, 0.3) is 0 Å². The lowest BCUT2D eigenvalue weighted by molar-refractivity contribution is 0.102. The summed E-state index contributed by atoms with van der Waals surface area (Å²) in [5, 5.41) is 0. The van der Waals surface area contributed by atoms with Crippen molar-refractivity contribution in [3.05, 3.63) is 42.0 Å². The SMILES string of the molecule is CCCn1ccnc1C(=O)c1ccc(OC)cc1N. The number of nitrogens with zero attached hydrogens (tertiary/aromatic N) is 2. The van der Waals surface area contributed by atoms with Gasteiger partial charge in [0.1, 0.15) is 5.75 Å². The van der Waals surface area contributed by atoms with E-state index in [1.54, 1.807) is 37.7 Å². The molecule has 1 aromatic carbocycles. The Bertz CT molecular complexity index is 590. The first-order valence-corrected chi connectivity index (χ1v) is 6.16. The van der Waals surface area contributed by atoms with Crippen molar-refractivity contribution in [1.29, 1.82) is 0 Å². The van der Waals surface area contributed by atoms with Gasteiger partial charge in [-0.3, -0.25) is 4.79 Å². The molecule has 0 atom stereocenters. The molecule has 0 aliphatic rings. The maximum atomic E-state index is 12.4. The molecule has 100 valence electrons. The van der Waals surface area contributed by atoms with E-state index in [1.807, 2.05) is 4.57 Å². The number of nitrogens with two attached hydrogens (primary N) is 1. The molecule has 1 aromatic heterocycles. The van der Waals surface area contributed by atoms with Crippen molar-refractivity contribution in [3.8, 4) is 5.75 Å². The molecule has 19 heavy (non-hydrogen) atoms. The Morgan fingerprint density at radius 3 is 2.89 bits per heavy atom. The molecule has 0 fully saturated rings. The molecule has 5 nitrogen and oxygen atoms in total. The Balaban J connectivity index is 2.36. The Kier molecular flexibility index (Phi) is 3.85. The quantitative estimate of drug-likeness (QED) is 0.659. The van der Waals surface area contributed by atoms with E-state index in [0.717, 1.165) is 13.0 Å². The summed E-state index contributed by atoms with van der Waals surface area (Å²) in [6.45, 7) is 2.81. The van der Waals surface area contributed by atoms with Gasteiger partial charge in [0, 0.05) is 36.3 Å². The largest absolute Gasteiger partial charge is 0.497 e. The second-order valence-corrected chi connectivity index (χ2v) is 4.23. The van der Waals surface area contributed by atoms with Crippen LogP contribution in [0.1, 0.15) is 29.5 Å². The summed E-state index contributed by atoms with van der Waals surface area (Å²) in [5.74, 6) is 0.878. The summed E-state index contributed by atoms with van der Waals surface area (Å²) < 4.78 is 6.91. The maximum Gasteiger partial charge on any atom is 0.230 e. The molecule has 5 heteroatoms. The number of hydrogen-bond acceptors (Lipinski definition) is 4. The second-order valence-electron chi connectivity index (χ2n) is 4.23. The Morgan fingerprint density at radius 1 is 1.47 bits per heavy atom. The van der Waals surface area contributed by atoms with Crippen molar-refractivity contribution in [2.45, 2.75) is 19.9 Å². The van der Waals surface area contributed by atoms with E-state index in [2.05, 4.69) is 11.9 Å². The standard InChI is InChI=1S/C14H17N3O2/c1-3-7-17-8-6-16-14(17)13(18)11-5-4-10(19-2)9-12(11)15/h4-6,8-9H,3,7,15H2,1-2H3. The van der Waals surface area contributed by atoms with Crippen LogP contribution in [0.15, 0.2) is 30.6 Å². The van der Waals surface area contributed by atoms with Gasteiger partial charge in [0.25, 0.3) is 0 Å². The van der Waals surface area contributed by atoms with Crippen LogP contribution in [0.5, 0.6) is 5.75 Å². The number of imidazole rings is 1. The predicted molar refractivity (Wildman–Crippen MR) is 73.4 cm³/mol. The number of methoxy groups -OCH3 is 1. The molecule has 2 aromatic rings. The summed E-state index contributed by atoms with van der Waals surface area (Å²) in [6.07, 6.45) is 4.37. The van der Waals surface area contributed by atoms with Crippen LogP contribution < -0.4 is 10.5 Å². The zero-order valence-electron chi connectivity index (χ0n) is 11.1. The zero-order valence-corrected chi connectivity index (χ0v) is 11.1. The number of carbonyl (C=O) groups excluding carboxylic acids is 1. The molecule has 2 N–H and O–H groups in total. The van der Waals surface area contributed by atoms with Crippen molar-refractivity contribution in [3.63, 3.8) is 0 Å². The lowest BCUT2D eigenvalue weighted by atomic mass is 10.1. The summed E-state index contributed by atoms with van der Waals surface area (Å²) in [5.41, 5.74) is 6.74. The van der Waals surface area contributed by atoms with E-state index in [9.17, 15) is 4.79 Å². The molecular formula is C14H17N3O2. The summed E-state index contributed by atoms with van der Waals surface area (Å²) in [6, 6.07) is 5.03. The highest BCUT2D eigenvalue weighted by Crippen LogP contribution is 2.22. The van der Waals surface area contributed by atoms with E-state index in [-0.39, 0.29) is 5.78 Å². The van der Waals surface area contributed by atoms with E-state index >= 15 is 0 Å². The molecule has 0 spiro atoms. The fourth-order valence-corrected chi connectivity index (χ4v) is 1.93. The van der Waals surface area contributed by atoms with Gasteiger partial charge >= 0.3 is 0 Å². The van der Waals surface area contributed by atoms with Crippen molar-refractivity contribution in [2.24, 2.45) is 0 Å². The third-order valence-corrected chi connectivity index (χ3v) is 2.89. The molecule has 1 heterocycles. The van der Waals surface area contributed by atoms with Crippen LogP contribution in [0.3, 0.4) is 0 Å². The molecule has 0 unspecified atom stereocenters. The molecule has 2 rings (SSSR count). The summed E-state index contributed by atoms with van der Waals surface area (Å²) >= 11 is 0. The third-order valence-electron chi connectivity index (χ3n) is 2.89. The Labute approximate surface area is 112 Å². The molecule has 0 saturated carbocycles. The average molecular weight is 259 g/mol. The van der Waals surface area contributed by atoms with Gasteiger partial charge < -0.3 is 15.0 Å². The predicted octanol–water partition coefficient (Wildman–Crippen LogP) is 2.11. The van der Waals surface area contributed by atoms with E-state index in [0.29, 0.717) is 22.8 Å². The number of ether oxygens (including phenoxy) is 1. The van der Waals surface area contributed by atoms with E-state index in [4.69, 9.17) is 10.5 Å². The highest BCUT2D eigenvalue weighted by molar-refractivity contribution is 6.10. The Morgan fingerprint density at radius 2 is 2.26 bits per heavy atom. The molecule has 0 bridgehead atoms. The average Bonchev–Trinajstić information content (AvgIpc) is 2.86. The van der Waals surface area contributed by atoms with Gasteiger partial charge in [-0.2, -0.15) is 0 Å². The van der Waals surface area contributed by atoms with Crippen LogP contribution in [0.2, 0.25) is 0 Å². The first kappa shape index (κ1) is 13.1. The number of benzene rings is 1. The lowest BCUT2D eigenvalue weighted by Gasteiger charge is -2.08. The first-order chi connectivity index (χ1) is 9.17. The number of carbonyl (C=O) groups is 1. The van der Waals surface area contributed by atoms with E-state index in [1.165, 1.54) is 0 Å².